The van der Waals surface area contributed by atoms with Gasteiger partial charge in [-0.25, -0.2) is 4.39 Å². The zero-order chi connectivity index (χ0) is 22.7. The van der Waals surface area contributed by atoms with Gasteiger partial charge < -0.3 is 25.3 Å². The Labute approximate surface area is 200 Å². The number of halogens is 2. The number of nitrogens with two attached hydrogens (primary N) is 1. The van der Waals surface area contributed by atoms with Crippen LogP contribution in [0.15, 0.2) is 42.6 Å². The number of methoxy groups -OCH3 is 1. The van der Waals surface area contributed by atoms with Gasteiger partial charge in [-0.3, -0.25) is 4.79 Å². The standard InChI is InChI=1S/C25H31FN4O2.ClH/c1-28-22-4-3-5-23-24(22)20(16-30(23)12-13-32-2)25(31)29-10-8-18(9-11-29)19-14-17(15-27)6-7-21(19)26;/h3-7,14,16,18,28H,8-13,15,27H2,1-2H3;1H. The van der Waals surface area contributed by atoms with E-state index >= 15 is 0 Å². The van der Waals surface area contributed by atoms with Crippen LogP contribution in [0.1, 0.15) is 40.2 Å². The van der Waals surface area contributed by atoms with Crippen LogP contribution < -0.4 is 11.1 Å². The number of benzene rings is 2. The number of anilines is 1. The minimum absolute atomic E-state index is 0. The zero-order valence-electron chi connectivity index (χ0n) is 19.1. The molecule has 4 rings (SSSR count). The molecule has 8 heteroatoms. The third-order valence-electron chi connectivity index (χ3n) is 6.46. The SMILES string of the molecule is CNc1cccc2c1c(C(=O)N1CCC(c3cc(CN)ccc3F)CC1)cn2CCOC.Cl. The van der Waals surface area contributed by atoms with Crippen LogP contribution in [0.25, 0.3) is 10.9 Å². The summed E-state index contributed by atoms with van der Waals surface area (Å²) in [4.78, 5) is 15.4. The molecule has 1 aliphatic heterocycles. The van der Waals surface area contributed by atoms with Crippen molar-refractivity contribution in [3.05, 3.63) is 65.1 Å². The third-order valence-corrected chi connectivity index (χ3v) is 6.46. The fraction of sp³-hybridized carbons (Fsp3) is 0.400. The van der Waals surface area contributed by atoms with E-state index in [-0.39, 0.29) is 30.0 Å². The molecule has 1 amide bonds. The Morgan fingerprint density at radius 3 is 2.67 bits per heavy atom. The number of hydrogen-bond acceptors (Lipinski definition) is 4. The highest BCUT2D eigenvalue weighted by Crippen LogP contribution is 2.34. The lowest BCUT2D eigenvalue weighted by atomic mass is 9.88. The fourth-order valence-corrected chi connectivity index (χ4v) is 4.69. The van der Waals surface area contributed by atoms with Crippen LogP contribution in [0.3, 0.4) is 0 Å². The molecular weight excluding hydrogens is 443 g/mol. The first kappa shape index (κ1) is 25.0. The van der Waals surface area contributed by atoms with Gasteiger partial charge in [-0.2, -0.15) is 0 Å². The first-order valence-electron chi connectivity index (χ1n) is 11.1. The van der Waals surface area contributed by atoms with E-state index in [0.717, 1.165) is 35.0 Å². The maximum Gasteiger partial charge on any atom is 0.256 e. The zero-order valence-corrected chi connectivity index (χ0v) is 20.0. The van der Waals surface area contributed by atoms with E-state index in [1.165, 1.54) is 6.07 Å². The highest BCUT2D eigenvalue weighted by Gasteiger charge is 2.28. The van der Waals surface area contributed by atoms with E-state index in [0.29, 0.717) is 43.9 Å². The number of carbonyl (C=O) groups is 1. The molecule has 2 heterocycles. The summed E-state index contributed by atoms with van der Waals surface area (Å²) in [5, 5.41) is 4.15. The van der Waals surface area contributed by atoms with E-state index in [1.807, 2.05) is 42.4 Å². The van der Waals surface area contributed by atoms with Crippen LogP contribution in [0.4, 0.5) is 10.1 Å². The van der Waals surface area contributed by atoms with Gasteiger partial charge in [-0.1, -0.05) is 18.2 Å². The summed E-state index contributed by atoms with van der Waals surface area (Å²) in [5.41, 5.74) is 10.0. The van der Waals surface area contributed by atoms with Gasteiger partial charge >= 0.3 is 0 Å². The van der Waals surface area contributed by atoms with E-state index < -0.39 is 0 Å². The molecule has 178 valence electrons. The molecule has 2 aromatic carbocycles. The van der Waals surface area contributed by atoms with Gasteiger partial charge in [0.1, 0.15) is 5.82 Å². The summed E-state index contributed by atoms with van der Waals surface area (Å²) < 4.78 is 21.8. The molecule has 0 saturated carbocycles. The number of rotatable bonds is 7. The normalized spacial score (nSPS) is 14.4. The molecule has 3 aromatic rings. The second-order valence-electron chi connectivity index (χ2n) is 8.31. The Balaban J connectivity index is 0.00000306. The van der Waals surface area contributed by atoms with Crippen LogP contribution in [0.5, 0.6) is 0 Å². The molecule has 0 bridgehead atoms. The molecule has 0 spiro atoms. The first-order valence-corrected chi connectivity index (χ1v) is 11.1. The van der Waals surface area contributed by atoms with Gasteiger partial charge in [0.25, 0.3) is 5.91 Å². The molecule has 1 aliphatic rings. The second-order valence-corrected chi connectivity index (χ2v) is 8.31. The summed E-state index contributed by atoms with van der Waals surface area (Å²) >= 11 is 0. The van der Waals surface area contributed by atoms with Crippen molar-refractivity contribution in [2.24, 2.45) is 5.73 Å². The molecule has 0 unspecified atom stereocenters. The van der Waals surface area contributed by atoms with Gasteiger partial charge in [0.15, 0.2) is 0 Å². The smallest absolute Gasteiger partial charge is 0.256 e. The largest absolute Gasteiger partial charge is 0.388 e. The molecule has 1 fully saturated rings. The predicted molar refractivity (Wildman–Crippen MR) is 133 cm³/mol. The maximum absolute atomic E-state index is 14.4. The summed E-state index contributed by atoms with van der Waals surface area (Å²) in [6, 6.07) is 11.1. The summed E-state index contributed by atoms with van der Waals surface area (Å²) in [7, 11) is 3.54. The number of nitrogens with one attached hydrogen (secondary N) is 1. The van der Waals surface area contributed by atoms with Crippen molar-refractivity contribution in [2.45, 2.75) is 31.8 Å². The van der Waals surface area contributed by atoms with Crippen molar-refractivity contribution in [1.29, 1.82) is 0 Å². The number of carbonyl (C=O) groups excluding carboxylic acids is 1. The van der Waals surface area contributed by atoms with Gasteiger partial charge in [0.05, 0.1) is 17.7 Å². The van der Waals surface area contributed by atoms with Crippen LogP contribution in [0, 0.1) is 5.82 Å². The minimum Gasteiger partial charge on any atom is -0.388 e. The van der Waals surface area contributed by atoms with Gasteiger partial charge in [-0.15, -0.1) is 12.4 Å². The number of aromatic nitrogens is 1. The Morgan fingerprint density at radius 2 is 2.00 bits per heavy atom. The molecule has 1 saturated heterocycles. The monoisotopic (exact) mass is 474 g/mol. The summed E-state index contributed by atoms with van der Waals surface area (Å²) in [5.74, 6) is -0.0724. The molecule has 0 aliphatic carbocycles. The van der Waals surface area contributed by atoms with Crippen LogP contribution >= 0.6 is 12.4 Å². The lowest BCUT2D eigenvalue weighted by Crippen LogP contribution is -2.38. The van der Waals surface area contributed by atoms with Crippen molar-refractivity contribution in [3.8, 4) is 0 Å². The topological polar surface area (TPSA) is 72.5 Å². The number of fused-ring (bicyclic) bond motifs is 1. The van der Waals surface area contributed by atoms with Crippen molar-refractivity contribution < 1.29 is 13.9 Å². The number of nitrogens with zero attached hydrogens (tertiary/aromatic N) is 2. The van der Waals surface area contributed by atoms with Crippen molar-refractivity contribution >= 4 is 34.9 Å². The fourth-order valence-electron chi connectivity index (χ4n) is 4.69. The van der Waals surface area contributed by atoms with E-state index in [9.17, 15) is 9.18 Å². The van der Waals surface area contributed by atoms with Crippen molar-refractivity contribution in [2.75, 3.05) is 39.2 Å². The van der Waals surface area contributed by atoms with Crippen molar-refractivity contribution in [1.82, 2.24) is 9.47 Å². The Hall–Kier alpha value is -2.61. The Bertz CT molecular complexity index is 1110. The second kappa shape index (κ2) is 11.0. The van der Waals surface area contributed by atoms with Gasteiger partial charge in [0.2, 0.25) is 0 Å². The molecule has 1 aromatic heterocycles. The Kier molecular flexibility index (Phi) is 8.35. The third kappa shape index (κ3) is 5.00. The predicted octanol–water partition coefficient (Wildman–Crippen LogP) is 4.37. The minimum atomic E-state index is -0.188. The highest BCUT2D eigenvalue weighted by molar-refractivity contribution is 6.11. The van der Waals surface area contributed by atoms with E-state index in [1.54, 1.807) is 13.2 Å². The van der Waals surface area contributed by atoms with Gasteiger partial charge in [0, 0.05) is 57.6 Å². The summed E-state index contributed by atoms with van der Waals surface area (Å²) in [6.07, 6.45) is 3.40. The molecule has 6 nitrogen and oxygen atoms in total. The average molecular weight is 475 g/mol. The van der Waals surface area contributed by atoms with Gasteiger partial charge in [-0.05, 0) is 48.1 Å². The molecular formula is C25H32ClFN4O2. The van der Waals surface area contributed by atoms with Crippen LogP contribution in [-0.4, -0.2) is 49.2 Å². The first-order chi connectivity index (χ1) is 15.6. The molecule has 3 N–H and O–H groups in total. The number of hydrogen-bond donors (Lipinski definition) is 2. The summed E-state index contributed by atoms with van der Waals surface area (Å²) in [6.45, 7) is 2.84. The van der Waals surface area contributed by atoms with Crippen molar-refractivity contribution in [3.63, 3.8) is 0 Å². The number of ether oxygens (including phenoxy) is 1. The average Bonchev–Trinajstić information content (AvgIpc) is 3.21. The van der Waals surface area contributed by atoms with Crippen LogP contribution in [-0.2, 0) is 17.8 Å². The lowest BCUT2D eigenvalue weighted by molar-refractivity contribution is 0.0714. The number of amides is 1. The maximum atomic E-state index is 14.4. The van der Waals surface area contributed by atoms with E-state index in [2.05, 4.69) is 9.88 Å². The molecule has 0 radical (unpaired) electrons. The highest BCUT2D eigenvalue weighted by atomic mass is 35.5. The Morgan fingerprint density at radius 1 is 1.24 bits per heavy atom. The van der Waals surface area contributed by atoms with Crippen LogP contribution in [0.2, 0.25) is 0 Å². The number of likely N-dealkylation sites (tertiary alicyclic amines) is 1. The number of piperidine rings is 1. The lowest BCUT2D eigenvalue weighted by Gasteiger charge is -2.32. The quantitative estimate of drug-likeness (QED) is 0.533. The molecule has 33 heavy (non-hydrogen) atoms. The van der Waals surface area contributed by atoms with E-state index in [4.69, 9.17) is 10.5 Å². The molecule has 0 atom stereocenters.